The van der Waals surface area contributed by atoms with Crippen LogP contribution in [-0.2, 0) is 0 Å². The number of allylic oxidation sites excluding steroid dienone is 1. The molecular weight excluding hydrogens is 366 g/mol. The summed E-state index contributed by atoms with van der Waals surface area (Å²) >= 11 is 0. The van der Waals surface area contributed by atoms with Crippen molar-refractivity contribution in [2.24, 2.45) is 4.99 Å². The number of rotatable bonds is 4. The molecule has 29 heavy (non-hydrogen) atoms. The van der Waals surface area contributed by atoms with Gasteiger partial charge < -0.3 is 5.11 Å². The summed E-state index contributed by atoms with van der Waals surface area (Å²) in [5.41, 5.74) is 2.65. The average molecular weight is 387 g/mol. The summed E-state index contributed by atoms with van der Waals surface area (Å²) in [7, 11) is 0. The summed E-state index contributed by atoms with van der Waals surface area (Å²) in [6.07, 6.45) is 4.19. The van der Waals surface area contributed by atoms with E-state index < -0.39 is 17.1 Å². The Bertz CT molecular complexity index is 1250. The van der Waals surface area contributed by atoms with Gasteiger partial charge in [-0.3, -0.25) is 14.8 Å². The van der Waals surface area contributed by atoms with Gasteiger partial charge in [-0.1, -0.05) is 44.2 Å². The lowest BCUT2D eigenvalue weighted by Gasteiger charge is -2.13. The third-order valence-electron chi connectivity index (χ3n) is 5.31. The van der Waals surface area contributed by atoms with Crippen LogP contribution in [-0.4, -0.2) is 20.9 Å². The molecule has 0 spiro atoms. The van der Waals surface area contributed by atoms with Crippen LogP contribution in [0, 0.1) is 0 Å². The number of aliphatic imine (C=N–C) groups is 1. The van der Waals surface area contributed by atoms with Crippen LogP contribution in [0.1, 0.15) is 42.9 Å². The Hall–Kier alpha value is -3.67. The second-order valence-electron chi connectivity index (χ2n) is 7.11. The number of fused-ring (bicyclic) bond motifs is 1. The molecule has 2 heterocycles. The highest BCUT2D eigenvalue weighted by Crippen LogP contribution is 2.33. The van der Waals surface area contributed by atoms with Crippen molar-refractivity contribution in [3.8, 4) is 11.6 Å². The molecule has 0 bridgehead atoms. The van der Waals surface area contributed by atoms with Gasteiger partial charge in [0.1, 0.15) is 5.56 Å². The molecule has 1 aliphatic rings. The molecule has 6 nitrogen and oxygen atoms in total. The molecule has 2 N–H and O–H groups in total. The Morgan fingerprint density at radius 2 is 1.86 bits per heavy atom. The largest absolute Gasteiger partial charge is 0.494 e. The normalized spacial score (nSPS) is 14.9. The minimum Gasteiger partial charge on any atom is -0.494 e. The molecule has 0 amide bonds. The first kappa shape index (κ1) is 18.7. The van der Waals surface area contributed by atoms with Gasteiger partial charge in [-0.05, 0) is 42.2 Å². The Labute approximate surface area is 167 Å². The molecule has 3 aromatic rings. The number of benzene rings is 2. The van der Waals surface area contributed by atoms with E-state index >= 15 is 0 Å². The Kier molecular flexibility index (Phi) is 4.76. The second-order valence-corrected chi connectivity index (χ2v) is 7.11. The monoisotopic (exact) mass is 387 g/mol. The molecule has 2 aromatic carbocycles. The molecule has 0 aliphatic carbocycles. The first-order valence-corrected chi connectivity index (χ1v) is 9.53. The molecule has 6 heteroatoms. The first-order valence-electron chi connectivity index (χ1n) is 9.53. The van der Waals surface area contributed by atoms with Crippen molar-refractivity contribution in [3.63, 3.8) is 0 Å². The fourth-order valence-corrected chi connectivity index (χ4v) is 3.41. The minimum absolute atomic E-state index is 0.00811. The highest BCUT2D eigenvalue weighted by atomic mass is 16.3. The lowest BCUT2D eigenvalue weighted by molar-refractivity contribution is 0.429. The smallest absolute Gasteiger partial charge is 0.335 e. The molecule has 1 atom stereocenters. The van der Waals surface area contributed by atoms with Crippen LogP contribution in [0.25, 0.3) is 17.3 Å². The van der Waals surface area contributed by atoms with Crippen molar-refractivity contribution >= 4 is 23.6 Å². The number of hydrogen-bond acceptors (Lipinski definition) is 4. The molecule has 1 aliphatic heterocycles. The number of hydrogen-bond donors (Lipinski definition) is 2. The molecule has 146 valence electrons. The van der Waals surface area contributed by atoms with Crippen molar-refractivity contribution in [1.82, 2.24) is 9.55 Å². The van der Waals surface area contributed by atoms with Gasteiger partial charge in [0, 0.05) is 17.4 Å². The van der Waals surface area contributed by atoms with E-state index in [1.165, 1.54) is 0 Å². The summed E-state index contributed by atoms with van der Waals surface area (Å²) in [4.78, 5) is 31.4. The van der Waals surface area contributed by atoms with E-state index in [-0.39, 0.29) is 5.56 Å². The number of aromatic amines is 1. The summed E-state index contributed by atoms with van der Waals surface area (Å²) < 4.78 is 1.10. The van der Waals surface area contributed by atoms with Gasteiger partial charge in [-0.25, -0.2) is 9.36 Å². The molecular formula is C23H21N3O3. The van der Waals surface area contributed by atoms with Crippen molar-refractivity contribution in [2.45, 2.75) is 26.2 Å². The number of nitrogens with zero attached hydrogens (tertiary/aromatic N) is 2. The lowest BCUT2D eigenvalue weighted by Crippen LogP contribution is -2.30. The molecule has 0 fully saturated rings. The van der Waals surface area contributed by atoms with Crippen molar-refractivity contribution < 1.29 is 5.11 Å². The van der Waals surface area contributed by atoms with E-state index in [2.05, 4.69) is 23.8 Å². The standard InChI is InChI=1S/C23H21N3O3/c1-3-14(2)15-8-10-17(11-9-15)26-22(28)19(21(27)25-23(26)29)12-16-13-24-20-7-5-4-6-18(16)20/h4-14,28H,3H2,1-2H3,(H,25,27,29)/b16-12+/t14-/m0/s1. The van der Waals surface area contributed by atoms with E-state index in [9.17, 15) is 14.7 Å². The van der Waals surface area contributed by atoms with Gasteiger partial charge in [0.05, 0.1) is 11.4 Å². The van der Waals surface area contributed by atoms with Gasteiger partial charge >= 0.3 is 5.69 Å². The summed E-state index contributed by atoms with van der Waals surface area (Å²) in [5.74, 6) is -0.00714. The molecule has 0 saturated carbocycles. The number of aromatic hydroxyl groups is 1. The number of aromatic nitrogens is 2. The third kappa shape index (κ3) is 3.33. The lowest BCUT2D eigenvalue weighted by atomic mass is 9.98. The topological polar surface area (TPSA) is 87.4 Å². The highest BCUT2D eigenvalue weighted by molar-refractivity contribution is 6.21. The van der Waals surface area contributed by atoms with Crippen LogP contribution in [0.2, 0.25) is 0 Å². The van der Waals surface area contributed by atoms with Crippen LogP contribution in [0.5, 0.6) is 5.88 Å². The maximum absolute atomic E-state index is 12.4. The van der Waals surface area contributed by atoms with E-state index in [0.717, 1.165) is 27.8 Å². The number of nitrogens with one attached hydrogen (secondary N) is 1. The van der Waals surface area contributed by atoms with Crippen LogP contribution >= 0.6 is 0 Å². The van der Waals surface area contributed by atoms with Gasteiger partial charge in [-0.2, -0.15) is 0 Å². The Morgan fingerprint density at radius 3 is 2.59 bits per heavy atom. The van der Waals surface area contributed by atoms with Gasteiger partial charge in [0.25, 0.3) is 5.56 Å². The summed E-state index contributed by atoms with van der Waals surface area (Å²) in [6, 6.07) is 14.9. The molecule has 0 unspecified atom stereocenters. The van der Waals surface area contributed by atoms with Gasteiger partial charge in [-0.15, -0.1) is 0 Å². The maximum atomic E-state index is 12.4. The van der Waals surface area contributed by atoms with E-state index in [4.69, 9.17) is 0 Å². The fraction of sp³-hybridized carbons (Fsp3) is 0.174. The molecule has 4 rings (SSSR count). The second kappa shape index (κ2) is 7.39. The third-order valence-corrected chi connectivity index (χ3v) is 5.31. The number of H-pyrrole nitrogens is 1. The predicted molar refractivity (Wildman–Crippen MR) is 115 cm³/mol. The van der Waals surface area contributed by atoms with Crippen molar-refractivity contribution in [1.29, 1.82) is 0 Å². The zero-order valence-corrected chi connectivity index (χ0v) is 16.2. The van der Waals surface area contributed by atoms with Crippen molar-refractivity contribution in [2.75, 3.05) is 0 Å². The Balaban J connectivity index is 1.83. The van der Waals surface area contributed by atoms with Gasteiger partial charge in [0.15, 0.2) is 0 Å². The fourth-order valence-electron chi connectivity index (χ4n) is 3.41. The molecule has 0 saturated heterocycles. The van der Waals surface area contributed by atoms with Crippen molar-refractivity contribution in [3.05, 3.63) is 86.1 Å². The predicted octanol–water partition coefficient (Wildman–Crippen LogP) is 4.00. The molecule has 0 radical (unpaired) electrons. The summed E-state index contributed by atoms with van der Waals surface area (Å²) in [5, 5.41) is 10.8. The van der Waals surface area contributed by atoms with Gasteiger partial charge in [0.2, 0.25) is 5.88 Å². The zero-order chi connectivity index (χ0) is 20.5. The van der Waals surface area contributed by atoms with Crippen LogP contribution in [0.4, 0.5) is 5.69 Å². The maximum Gasteiger partial charge on any atom is 0.335 e. The Morgan fingerprint density at radius 1 is 1.14 bits per heavy atom. The molecule has 1 aromatic heterocycles. The zero-order valence-electron chi connectivity index (χ0n) is 16.2. The van der Waals surface area contributed by atoms with Crippen LogP contribution in [0.15, 0.2) is 63.1 Å². The highest BCUT2D eigenvalue weighted by Gasteiger charge is 2.17. The van der Waals surface area contributed by atoms with Crippen LogP contribution < -0.4 is 11.2 Å². The number of para-hydroxylation sites is 1. The van der Waals surface area contributed by atoms with E-state index in [1.807, 2.05) is 36.4 Å². The average Bonchev–Trinajstić information content (AvgIpc) is 3.14. The minimum atomic E-state index is -0.688. The van der Waals surface area contributed by atoms with Crippen LogP contribution in [0.3, 0.4) is 0 Å². The summed E-state index contributed by atoms with van der Waals surface area (Å²) in [6.45, 7) is 4.24. The first-order chi connectivity index (χ1) is 14.0. The van der Waals surface area contributed by atoms with E-state index in [0.29, 0.717) is 17.2 Å². The quantitative estimate of drug-likeness (QED) is 0.709. The van der Waals surface area contributed by atoms with E-state index in [1.54, 1.807) is 24.4 Å². The SMILES string of the molecule is CC[C@H](C)c1ccc(-n2c(O)c(/C=C3\C=Nc4ccccc43)c(=O)[nH]c2=O)cc1.